The average molecular weight is 997 g/mol. The number of pyridine rings is 1. The zero-order chi connectivity index (χ0) is 48.8. The molecule has 2 saturated heterocycles. The van der Waals surface area contributed by atoms with Crippen molar-refractivity contribution >= 4 is 72.6 Å². The summed E-state index contributed by atoms with van der Waals surface area (Å²) in [7, 11) is -4.68. The third-order valence-electron chi connectivity index (χ3n) is 13.0. The molecule has 4 aliphatic rings. The summed E-state index contributed by atoms with van der Waals surface area (Å²) in [5.41, 5.74) is 1.49. The molecule has 2 aromatic heterocycles. The first-order valence-electron chi connectivity index (χ1n) is 22.5. The predicted octanol–water partition coefficient (Wildman–Crippen LogP) is 8.33. The Morgan fingerprint density at radius 1 is 0.971 bits per heavy atom. The minimum Gasteiger partial charge on any atom is -0.476 e. The number of fused-ring (bicyclic) bond motifs is 2. The number of anilines is 4. The highest BCUT2D eigenvalue weighted by atomic mass is 35.5. The number of allylic oxidation sites excluding steroid dienone is 1. The van der Waals surface area contributed by atoms with E-state index in [1.807, 2.05) is 30.9 Å². The van der Waals surface area contributed by atoms with E-state index in [0.717, 1.165) is 11.5 Å². The minimum atomic E-state index is -4.68. The van der Waals surface area contributed by atoms with Crippen LogP contribution in [-0.4, -0.2) is 112 Å². The molecule has 5 aromatic rings. The molecule has 1 atom stereocenters. The van der Waals surface area contributed by atoms with Gasteiger partial charge in [0.05, 0.1) is 59.2 Å². The van der Waals surface area contributed by atoms with Gasteiger partial charge in [-0.2, -0.15) is 4.98 Å². The van der Waals surface area contributed by atoms with Gasteiger partial charge in [0.25, 0.3) is 21.6 Å². The standard InChI is InChI=1S/C47H49ClF4N8O8S/c1-47(2)10-8-28(33(23-47)38-40(49)42(51)39(48)43(52)41(38)50)25-57-13-15-58(16-14-57)29-4-6-32(35(21-29)59-12-3-17-68-46-37(59)20-27-9-11-53-44(27)55-46)45(61)56-69(64,65)31-5-7-34(36(22-31)60(62)63)54-24-30-26-66-18-19-67-30/h4-7,9,11,20-22,30,54H,3,8,10,12-19,23-26H2,1-2H3,(H,53,55)(H,56,61)/t30-/m0/s1. The van der Waals surface area contributed by atoms with Gasteiger partial charge in [-0.1, -0.05) is 31.0 Å². The Morgan fingerprint density at radius 3 is 2.46 bits per heavy atom. The van der Waals surface area contributed by atoms with Gasteiger partial charge in [0.15, 0.2) is 23.3 Å². The summed E-state index contributed by atoms with van der Waals surface area (Å²) >= 11 is 5.59. The Morgan fingerprint density at radius 2 is 1.74 bits per heavy atom. The number of hydrogen-bond donors (Lipinski definition) is 3. The van der Waals surface area contributed by atoms with Crippen LogP contribution >= 0.6 is 11.6 Å². The van der Waals surface area contributed by atoms with Crippen molar-refractivity contribution in [2.24, 2.45) is 5.41 Å². The second-order valence-corrected chi connectivity index (χ2v) is 20.3. The SMILES string of the molecule is CC1(C)CCC(CN2CCN(c3ccc(C(=O)NS(=O)(=O)c4ccc(NC[C@H]5COCCO5)c([N+](=O)[O-])c4)c(N4CCCOc5nc6[nH]ccc6cc54)c3)CC2)=C(c2c(F)c(F)c(Cl)c(F)c2F)C1. The van der Waals surface area contributed by atoms with Crippen molar-refractivity contribution in [2.75, 3.05) is 87.4 Å². The van der Waals surface area contributed by atoms with E-state index in [4.69, 9.17) is 25.8 Å². The predicted molar refractivity (Wildman–Crippen MR) is 251 cm³/mol. The van der Waals surface area contributed by atoms with Gasteiger partial charge in [0, 0.05) is 69.2 Å². The lowest BCUT2D eigenvalue weighted by Crippen LogP contribution is -2.47. The molecule has 16 nitrogen and oxygen atoms in total. The van der Waals surface area contributed by atoms with Gasteiger partial charge in [-0.15, -0.1) is 0 Å². The topological polar surface area (TPSA) is 185 Å². The van der Waals surface area contributed by atoms with E-state index in [1.54, 1.807) is 18.3 Å². The van der Waals surface area contributed by atoms with Crippen LogP contribution in [0.1, 0.15) is 55.5 Å². The van der Waals surface area contributed by atoms with Crippen molar-refractivity contribution in [2.45, 2.75) is 50.5 Å². The lowest BCUT2D eigenvalue weighted by molar-refractivity contribution is -0.384. The van der Waals surface area contributed by atoms with Crippen LogP contribution in [0.25, 0.3) is 16.6 Å². The summed E-state index contributed by atoms with van der Waals surface area (Å²) in [6.45, 7) is 8.03. The molecule has 366 valence electrons. The number of aromatic nitrogens is 2. The summed E-state index contributed by atoms with van der Waals surface area (Å²) in [4.78, 5) is 39.1. The van der Waals surface area contributed by atoms with Crippen LogP contribution in [0, 0.1) is 38.8 Å². The number of carbonyl (C=O) groups is 1. The van der Waals surface area contributed by atoms with Gasteiger partial charge in [-0.25, -0.2) is 30.7 Å². The summed E-state index contributed by atoms with van der Waals surface area (Å²) < 4.78 is 107. The monoisotopic (exact) mass is 996 g/mol. The number of halogens is 5. The number of rotatable bonds is 12. The van der Waals surface area contributed by atoms with Gasteiger partial charge >= 0.3 is 0 Å². The molecule has 3 N–H and O–H groups in total. The summed E-state index contributed by atoms with van der Waals surface area (Å²) in [5.74, 6) is -7.00. The third kappa shape index (κ3) is 9.92. The molecule has 9 rings (SSSR count). The van der Waals surface area contributed by atoms with Gasteiger partial charge in [-0.05, 0) is 79.1 Å². The molecular weight excluding hydrogens is 948 g/mol. The maximum atomic E-state index is 15.4. The van der Waals surface area contributed by atoms with Crippen molar-refractivity contribution in [1.29, 1.82) is 0 Å². The quantitative estimate of drug-likeness (QED) is 0.0357. The number of aromatic amines is 1. The van der Waals surface area contributed by atoms with Crippen molar-refractivity contribution in [3.05, 3.63) is 110 Å². The molecule has 0 spiro atoms. The molecular formula is C47H49ClF4N8O8S. The van der Waals surface area contributed by atoms with Gasteiger partial charge < -0.3 is 34.3 Å². The number of nitrogens with zero attached hydrogens (tertiary/aromatic N) is 5. The number of benzene rings is 3. The number of nitrogens with one attached hydrogen (secondary N) is 3. The smallest absolute Gasteiger partial charge is 0.293 e. The highest BCUT2D eigenvalue weighted by Crippen LogP contribution is 2.46. The Bertz CT molecular complexity index is 2950. The number of H-pyrrole nitrogens is 1. The van der Waals surface area contributed by atoms with Gasteiger partial charge in [0.1, 0.15) is 22.0 Å². The number of ether oxygens (including phenoxy) is 3. The molecule has 0 radical (unpaired) electrons. The van der Waals surface area contributed by atoms with Crippen LogP contribution in [0.15, 0.2) is 65.2 Å². The fourth-order valence-electron chi connectivity index (χ4n) is 9.32. The molecule has 2 fully saturated rings. The molecule has 3 aliphatic heterocycles. The molecule has 1 amide bonds. The highest BCUT2D eigenvalue weighted by Gasteiger charge is 2.36. The number of amides is 1. The van der Waals surface area contributed by atoms with Crippen molar-refractivity contribution in [1.82, 2.24) is 19.6 Å². The highest BCUT2D eigenvalue weighted by molar-refractivity contribution is 7.90. The van der Waals surface area contributed by atoms with Crippen LogP contribution in [0.3, 0.4) is 0 Å². The summed E-state index contributed by atoms with van der Waals surface area (Å²) in [5, 5.41) is 14.6. The molecule has 0 unspecified atom stereocenters. The van der Waals surface area contributed by atoms with E-state index in [1.165, 1.54) is 18.2 Å². The zero-order valence-electron chi connectivity index (χ0n) is 37.7. The van der Waals surface area contributed by atoms with E-state index in [2.05, 4.69) is 29.8 Å². The maximum absolute atomic E-state index is 15.4. The second-order valence-electron chi connectivity index (χ2n) is 18.2. The lowest BCUT2D eigenvalue weighted by atomic mass is 9.72. The second kappa shape index (κ2) is 19.4. The summed E-state index contributed by atoms with van der Waals surface area (Å²) in [6.07, 6.45) is 3.24. The Kier molecular flexibility index (Phi) is 13.5. The molecule has 69 heavy (non-hydrogen) atoms. The fourth-order valence-corrected chi connectivity index (χ4v) is 10.5. The van der Waals surface area contributed by atoms with E-state index >= 15 is 8.78 Å². The molecule has 0 bridgehead atoms. The van der Waals surface area contributed by atoms with Crippen LogP contribution in [0.5, 0.6) is 5.88 Å². The molecule has 1 aliphatic carbocycles. The van der Waals surface area contributed by atoms with Gasteiger partial charge in [-0.3, -0.25) is 19.8 Å². The number of nitro groups is 1. The number of nitro benzene ring substituents is 1. The van der Waals surface area contributed by atoms with Crippen molar-refractivity contribution < 1.29 is 49.9 Å². The number of hydrogen-bond acceptors (Lipinski definition) is 13. The van der Waals surface area contributed by atoms with Crippen molar-refractivity contribution in [3.63, 3.8) is 0 Å². The van der Waals surface area contributed by atoms with Gasteiger partial charge in [0.2, 0.25) is 5.88 Å². The first-order valence-corrected chi connectivity index (χ1v) is 24.4. The van der Waals surface area contributed by atoms with E-state index in [0.29, 0.717) is 113 Å². The van der Waals surface area contributed by atoms with Crippen molar-refractivity contribution in [3.8, 4) is 5.88 Å². The first kappa shape index (κ1) is 48.0. The first-order chi connectivity index (χ1) is 33.0. The van der Waals surface area contributed by atoms with E-state index in [9.17, 15) is 32.1 Å². The number of sulfonamides is 1. The molecule has 22 heteroatoms. The minimum absolute atomic E-state index is 0.0142. The Balaban J connectivity index is 0.998. The summed E-state index contributed by atoms with van der Waals surface area (Å²) in [6, 6.07) is 12.0. The lowest BCUT2D eigenvalue weighted by Gasteiger charge is -2.39. The Hall–Kier alpha value is -6.00. The normalized spacial score (nSPS) is 19.0. The van der Waals surface area contributed by atoms with Crippen LogP contribution in [-0.2, 0) is 19.5 Å². The van der Waals surface area contributed by atoms with E-state index in [-0.39, 0.29) is 47.9 Å². The van der Waals surface area contributed by atoms with E-state index < -0.39 is 65.3 Å². The fraction of sp³-hybridized carbons (Fsp3) is 0.404. The number of piperazine rings is 1. The largest absolute Gasteiger partial charge is 0.476 e. The van der Waals surface area contributed by atoms with Crippen LogP contribution in [0.2, 0.25) is 5.02 Å². The van der Waals surface area contributed by atoms with Crippen LogP contribution in [0.4, 0.5) is 46.0 Å². The molecule has 0 saturated carbocycles. The molecule has 5 heterocycles. The van der Waals surface area contributed by atoms with Crippen LogP contribution < -0.4 is 24.6 Å². The number of carbonyl (C=O) groups excluding carboxylic acids is 1. The Labute approximate surface area is 399 Å². The third-order valence-corrected chi connectivity index (χ3v) is 14.7. The zero-order valence-corrected chi connectivity index (χ0v) is 39.3. The maximum Gasteiger partial charge on any atom is 0.293 e. The average Bonchev–Trinajstić information content (AvgIpc) is 3.70. The molecule has 3 aromatic carbocycles.